The lowest BCUT2D eigenvalue weighted by Crippen LogP contribution is -2.44. The maximum Gasteiger partial charge on any atom is 0.234 e. The summed E-state index contributed by atoms with van der Waals surface area (Å²) in [5, 5.41) is 5.24. The van der Waals surface area contributed by atoms with Gasteiger partial charge in [-0.3, -0.25) is 9.59 Å². The standard InChI is InChI=1S/C20H21ClF2N2O2S/c1-12(28-11-18(26)24-15-7-4-13(22)5-8-15)19(27)25-20(2,3)16-9-6-14(23)10-17(16)21/h4-10,12H,11H2,1-3H3,(H,24,26)(H,25,27). The van der Waals surface area contributed by atoms with E-state index < -0.39 is 16.6 Å². The van der Waals surface area contributed by atoms with E-state index in [4.69, 9.17) is 11.6 Å². The molecule has 2 amide bonds. The van der Waals surface area contributed by atoms with E-state index in [2.05, 4.69) is 10.6 Å². The van der Waals surface area contributed by atoms with Crippen LogP contribution in [0.5, 0.6) is 0 Å². The molecular weight excluding hydrogens is 406 g/mol. The highest BCUT2D eigenvalue weighted by Gasteiger charge is 2.28. The van der Waals surface area contributed by atoms with Crippen molar-refractivity contribution in [1.82, 2.24) is 5.32 Å². The molecule has 150 valence electrons. The molecule has 2 aromatic carbocycles. The Labute approximate surface area is 172 Å². The molecule has 0 aliphatic rings. The number of rotatable bonds is 7. The number of nitrogens with one attached hydrogen (secondary N) is 2. The molecule has 28 heavy (non-hydrogen) atoms. The van der Waals surface area contributed by atoms with E-state index in [9.17, 15) is 18.4 Å². The number of halogens is 3. The monoisotopic (exact) mass is 426 g/mol. The first-order valence-electron chi connectivity index (χ1n) is 8.53. The van der Waals surface area contributed by atoms with Crippen LogP contribution in [0.25, 0.3) is 0 Å². The number of thioether (sulfide) groups is 1. The Morgan fingerprint density at radius 3 is 2.32 bits per heavy atom. The first-order chi connectivity index (χ1) is 13.1. The van der Waals surface area contributed by atoms with Crippen molar-refractivity contribution in [1.29, 1.82) is 0 Å². The van der Waals surface area contributed by atoms with Crippen molar-refractivity contribution in [2.24, 2.45) is 0 Å². The molecule has 0 heterocycles. The molecule has 4 nitrogen and oxygen atoms in total. The van der Waals surface area contributed by atoms with Crippen molar-refractivity contribution < 1.29 is 18.4 Å². The Balaban J connectivity index is 1.89. The van der Waals surface area contributed by atoms with Crippen LogP contribution >= 0.6 is 23.4 Å². The van der Waals surface area contributed by atoms with Crippen LogP contribution in [-0.2, 0) is 15.1 Å². The van der Waals surface area contributed by atoms with Gasteiger partial charge in [-0.2, -0.15) is 0 Å². The highest BCUT2D eigenvalue weighted by atomic mass is 35.5. The Kier molecular flexibility index (Phi) is 7.43. The summed E-state index contributed by atoms with van der Waals surface area (Å²) in [4.78, 5) is 24.5. The van der Waals surface area contributed by atoms with Crippen molar-refractivity contribution in [2.75, 3.05) is 11.1 Å². The normalized spacial score (nSPS) is 12.4. The fourth-order valence-electron chi connectivity index (χ4n) is 2.48. The van der Waals surface area contributed by atoms with E-state index >= 15 is 0 Å². The number of carbonyl (C=O) groups excluding carboxylic acids is 2. The smallest absolute Gasteiger partial charge is 0.234 e. The molecule has 2 N–H and O–H groups in total. The first kappa shape index (κ1) is 22.2. The second-order valence-corrected chi connectivity index (χ2v) is 8.48. The van der Waals surface area contributed by atoms with Crippen LogP contribution in [0.15, 0.2) is 42.5 Å². The zero-order chi connectivity index (χ0) is 20.9. The van der Waals surface area contributed by atoms with Gasteiger partial charge >= 0.3 is 0 Å². The fourth-order valence-corrected chi connectivity index (χ4v) is 3.57. The van der Waals surface area contributed by atoms with Gasteiger partial charge in [0.15, 0.2) is 0 Å². The first-order valence-corrected chi connectivity index (χ1v) is 9.96. The number of carbonyl (C=O) groups is 2. The number of benzene rings is 2. The van der Waals surface area contributed by atoms with E-state index in [0.717, 1.165) is 0 Å². The summed E-state index contributed by atoms with van der Waals surface area (Å²) in [6.45, 7) is 5.22. The van der Waals surface area contributed by atoms with E-state index in [-0.39, 0.29) is 28.4 Å². The van der Waals surface area contributed by atoms with Gasteiger partial charge in [-0.25, -0.2) is 8.78 Å². The Morgan fingerprint density at radius 1 is 1.11 bits per heavy atom. The Bertz CT molecular complexity index is 860. The molecule has 0 saturated carbocycles. The SMILES string of the molecule is CC(SCC(=O)Nc1ccc(F)cc1)C(=O)NC(C)(C)c1ccc(F)cc1Cl. The van der Waals surface area contributed by atoms with Gasteiger partial charge in [-0.1, -0.05) is 17.7 Å². The molecule has 2 rings (SSSR count). The molecule has 0 saturated heterocycles. The quantitative estimate of drug-likeness (QED) is 0.672. The van der Waals surface area contributed by atoms with Crippen LogP contribution < -0.4 is 10.6 Å². The topological polar surface area (TPSA) is 58.2 Å². The minimum absolute atomic E-state index is 0.0592. The van der Waals surface area contributed by atoms with Crippen LogP contribution in [0.4, 0.5) is 14.5 Å². The van der Waals surface area contributed by atoms with Crippen molar-refractivity contribution in [2.45, 2.75) is 31.6 Å². The number of hydrogen-bond acceptors (Lipinski definition) is 3. The summed E-state index contributed by atoms with van der Waals surface area (Å²) in [5.41, 5.74) is 0.263. The number of anilines is 1. The highest BCUT2D eigenvalue weighted by Crippen LogP contribution is 2.29. The van der Waals surface area contributed by atoms with Gasteiger partial charge in [0.05, 0.1) is 16.5 Å². The van der Waals surface area contributed by atoms with E-state index in [1.54, 1.807) is 20.8 Å². The van der Waals surface area contributed by atoms with Crippen LogP contribution in [0.3, 0.4) is 0 Å². The molecule has 2 aromatic rings. The predicted octanol–water partition coefficient (Wildman–Crippen LogP) is 4.73. The van der Waals surface area contributed by atoms with Gasteiger partial charge in [0.25, 0.3) is 0 Å². The number of hydrogen-bond donors (Lipinski definition) is 2. The maximum atomic E-state index is 13.2. The van der Waals surface area contributed by atoms with Crippen molar-refractivity contribution in [3.8, 4) is 0 Å². The molecule has 0 fully saturated rings. The average molecular weight is 427 g/mol. The summed E-state index contributed by atoms with van der Waals surface area (Å²) < 4.78 is 26.1. The molecule has 0 bridgehead atoms. The third-order valence-corrected chi connectivity index (χ3v) is 5.46. The second-order valence-electron chi connectivity index (χ2n) is 6.75. The molecule has 0 radical (unpaired) electrons. The van der Waals surface area contributed by atoms with Gasteiger partial charge in [0.1, 0.15) is 11.6 Å². The van der Waals surface area contributed by atoms with Crippen molar-refractivity contribution >= 4 is 40.9 Å². The number of amides is 2. The zero-order valence-corrected chi connectivity index (χ0v) is 17.3. The zero-order valence-electron chi connectivity index (χ0n) is 15.7. The molecule has 0 aromatic heterocycles. The molecule has 0 aliphatic carbocycles. The molecular formula is C20H21ClF2N2O2S. The van der Waals surface area contributed by atoms with E-state index in [1.165, 1.54) is 54.2 Å². The largest absolute Gasteiger partial charge is 0.346 e. The molecule has 1 unspecified atom stereocenters. The summed E-state index contributed by atoms with van der Waals surface area (Å²) in [6.07, 6.45) is 0. The van der Waals surface area contributed by atoms with Gasteiger partial charge in [-0.15, -0.1) is 11.8 Å². The summed E-state index contributed by atoms with van der Waals surface area (Å²) in [7, 11) is 0. The summed E-state index contributed by atoms with van der Waals surface area (Å²) in [5.74, 6) is -1.35. The van der Waals surface area contributed by atoms with Gasteiger partial charge < -0.3 is 10.6 Å². The minimum atomic E-state index is -0.812. The van der Waals surface area contributed by atoms with Crippen molar-refractivity contribution in [3.63, 3.8) is 0 Å². The molecule has 0 aliphatic heterocycles. The maximum absolute atomic E-state index is 13.2. The highest BCUT2D eigenvalue weighted by molar-refractivity contribution is 8.01. The lowest BCUT2D eigenvalue weighted by atomic mass is 9.94. The predicted molar refractivity (Wildman–Crippen MR) is 110 cm³/mol. The Hall–Kier alpha value is -2.12. The minimum Gasteiger partial charge on any atom is -0.346 e. The second kappa shape index (κ2) is 9.39. The van der Waals surface area contributed by atoms with Crippen LogP contribution in [0, 0.1) is 11.6 Å². The van der Waals surface area contributed by atoms with Crippen LogP contribution in [0.1, 0.15) is 26.3 Å². The third kappa shape index (κ3) is 6.21. The lowest BCUT2D eigenvalue weighted by Gasteiger charge is -2.29. The van der Waals surface area contributed by atoms with E-state index in [0.29, 0.717) is 11.3 Å². The van der Waals surface area contributed by atoms with E-state index in [1.807, 2.05) is 0 Å². The van der Waals surface area contributed by atoms with Gasteiger partial charge in [-0.05, 0) is 62.7 Å². The lowest BCUT2D eigenvalue weighted by molar-refractivity contribution is -0.122. The fraction of sp³-hybridized carbons (Fsp3) is 0.300. The van der Waals surface area contributed by atoms with Crippen molar-refractivity contribution in [3.05, 3.63) is 64.7 Å². The average Bonchev–Trinajstić information content (AvgIpc) is 2.60. The molecule has 8 heteroatoms. The summed E-state index contributed by atoms with van der Waals surface area (Å²) >= 11 is 7.26. The third-order valence-electron chi connectivity index (χ3n) is 4.00. The van der Waals surface area contributed by atoms with Crippen LogP contribution in [-0.4, -0.2) is 22.8 Å². The van der Waals surface area contributed by atoms with Gasteiger partial charge in [0.2, 0.25) is 11.8 Å². The van der Waals surface area contributed by atoms with Gasteiger partial charge in [0, 0.05) is 10.7 Å². The summed E-state index contributed by atoms with van der Waals surface area (Å²) in [6, 6.07) is 9.44. The Morgan fingerprint density at radius 2 is 1.71 bits per heavy atom. The van der Waals surface area contributed by atoms with Crippen LogP contribution in [0.2, 0.25) is 5.02 Å². The molecule has 1 atom stereocenters. The molecule has 0 spiro atoms.